The van der Waals surface area contributed by atoms with Gasteiger partial charge in [0.1, 0.15) is 5.76 Å². The number of likely N-dealkylation sites (N-methyl/N-ethyl adjacent to an activating group) is 1. The Labute approximate surface area is 118 Å². The number of carbonyl (C=O) groups is 2. The van der Waals surface area contributed by atoms with Gasteiger partial charge in [-0.3, -0.25) is 14.5 Å². The van der Waals surface area contributed by atoms with Gasteiger partial charge in [0.05, 0.1) is 12.8 Å². The van der Waals surface area contributed by atoms with Gasteiger partial charge < -0.3 is 15.1 Å². The largest absolute Gasteiger partial charge is 0.467 e. The molecule has 0 unspecified atom stereocenters. The molecule has 2 rings (SSSR count). The van der Waals surface area contributed by atoms with Crippen LogP contribution in [0.15, 0.2) is 22.8 Å². The summed E-state index contributed by atoms with van der Waals surface area (Å²) in [5.74, 6) is -0.582. The Balaban J connectivity index is 1.70. The minimum Gasteiger partial charge on any atom is -0.467 e. The Morgan fingerprint density at radius 1 is 1.40 bits per heavy atom. The van der Waals surface area contributed by atoms with Crippen LogP contribution >= 0.6 is 0 Å². The number of furan rings is 1. The molecule has 2 amide bonds. The second-order valence-electron chi connectivity index (χ2n) is 4.90. The van der Waals surface area contributed by atoms with Gasteiger partial charge >= 0.3 is 11.8 Å². The number of hydrogen-bond donors (Lipinski definition) is 2. The van der Waals surface area contributed by atoms with Crippen LogP contribution in [0.3, 0.4) is 0 Å². The molecule has 6 heteroatoms. The standard InChI is InChI=1S/C14H21N3O3/c1-2-17-7-3-5-11(17)9-15-13(18)14(19)16-10-12-6-4-8-20-12/h4,6,8,11H,2-3,5,7,9-10H2,1H3,(H,15,18)(H,16,19)/t11-/m1/s1. The molecule has 1 fully saturated rings. The van der Waals surface area contributed by atoms with Crippen molar-refractivity contribution < 1.29 is 14.0 Å². The van der Waals surface area contributed by atoms with Crippen LogP contribution < -0.4 is 10.6 Å². The first-order valence-electron chi connectivity index (χ1n) is 7.03. The van der Waals surface area contributed by atoms with Crippen molar-refractivity contribution in [1.82, 2.24) is 15.5 Å². The van der Waals surface area contributed by atoms with Crippen LogP contribution in [0.1, 0.15) is 25.5 Å². The smallest absolute Gasteiger partial charge is 0.309 e. The highest BCUT2D eigenvalue weighted by Gasteiger charge is 2.24. The van der Waals surface area contributed by atoms with Gasteiger partial charge in [-0.2, -0.15) is 0 Å². The highest BCUT2D eigenvalue weighted by atomic mass is 16.3. The number of nitrogens with one attached hydrogen (secondary N) is 2. The molecule has 0 radical (unpaired) electrons. The Morgan fingerprint density at radius 2 is 2.20 bits per heavy atom. The Hall–Kier alpha value is -1.82. The highest BCUT2D eigenvalue weighted by molar-refractivity contribution is 6.35. The molecule has 1 aromatic heterocycles. The van der Waals surface area contributed by atoms with Gasteiger partial charge in [0.15, 0.2) is 0 Å². The van der Waals surface area contributed by atoms with E-state index in [-0.39, 0.29) is 6.54 Å². The van der Waals surface area contributed by atoms with E-state index in [4.69, 9.17) is 4.42 Å². The molecule has 0 saturated carbocycles. The molecule has 0 spiro atoms. The molecule has 0 bridgehead atoms. The van der Waals surface area contributed by atoms with Crippen LogP contribution in [0.2, 0.25) is 0 Å². The van der Waals surface area contributed by atoms with E-state index in [2.05, 4.69) is 22.5 Å². The lowest BCUT2D eigenvalue weighted by Gasteiger charge is -2.22. The molecule has 20 heavy (non-hydrogen) atoms. The van der Waals surface area contributed by atoms with Crippen LogP contribution in [0.5, 0.6) is 0 Å². The first-order chi connectivity index (χ1) is 9.70. The van der Waals surface area contributed by atoms with Crippen molar-refractivity contribution in [3.05, 3.63) is 24.2 Å². The lowest BCUT2D eigenvalue weighted by molar-refractivity contribution is -0.139. The van der Waals surface area contributed by atoms with Gasteiger partial charge in [-0.25, -0.2) is 0 Å². The summed E-state index contributed by atoms with van der Waals surface area (Å²) >= 11 is 0. The summed E-state index contributed by atoms with van der Waals surface area (Å²) in [6.07, 6.45) is 3.75. The van der Waals surface area contributed by atoms with Gasteiger partial charge in [-0.1, -0.05) is 6.92 Å². The van der Waals surface area contributed by atoms with Crippen molar-refractivity contribution >= 4 is 11.8 Å². The summed E-state index contributed by atoms with van der Waals surface area (Å²) in [6, 6.07) is 3.83. The van der Waals surface area contributed by atoms with E-state index in [0.29, 0.717) is 18.3 Å². The van der Waals surface area contributed by atoms with Crippen LogP contribution in [-0.2, 0) is 16.1 Å². The Kier molecular flexibility index (Phi) is 5.17. The number of hydrogen-bond acceptors (Lipinski definition) is 4. The average molecular weight is 279 g/mol. The third kappa shape index (κ3) is 3.84. The maximum atomic E-state index is 11.7. The fraction of sp³-hybridized carbons (Fsp3) is 0.571. The SMILES string of the molecule is CCN1CCC[C@@H]1CNC(=O)C(=O)NCc1ccco1. The minimum atomic E-state index is -0.623. The van der Waals surface area contributed by atoms with Gasteiger partial charge in [0.25, 0.3) is 0 Å². The van der Waals surface area contributed by atoms with Crippen molar-refractivity contribution in [1.29, 1.82) is 0 Å². The Bertz CT molecular complexity index is 445. The van der Waals surface area contributed by atoms with E-state index in [1.165, 1.54) is 6.26 Å². The number of carbonyl (C=O) groups excluding carboxylic acids is 2. The monoisotopic (exact) mass is 279 g/mol. The number of amides is 2. The van der Waals surface area contributed by atoms with E-state index < -0.39 is 11.8 Å². The quantitative estimate of drug-likeness (QED) is 0.770. The summed E-state index contributed by atoms with van der Waals surface area (Å²) in [7, 11) is 0. The third-order valence-electron chi connectivity index (χ3n) is 3.61. The van der Waals surface area contributed by atoms with Gasteiger partial charge in [0.2, 0.25) is 0 Å². The van der Waals surface area contributed by atoms with E-state index in [0.717, 1.165) is 25.9 Å². The van der Waals surface area contributed by atoms with E-state index >= 15 is 0 Å². The lowest BCUT2D eigenvalue weighted by atomic mass is 10.2. The van der Waals surface area contributed by atoms with Crippen molar-refractivity contribution in [2.75, 3.05) is 19.6 Å². The molecular formula is C14H21N3O3. The first-order valence-corrected chi connectivity index (χ1v) is 7.03. The molecule has 2 heterocycles. The van der Waals surface area contributed by atoms with E-state index in [1.54, 1.807) is 12.1 Å². The molecule has 2 N–H and O–H groups in total. The summed E-state index contributed by atoms with van der Waals surface area (Å²) in [5.41, 5.74) is 0. The zero-order valence-corrected chi connectivity index (χ0v) is 11.7. The maximum Gasteiger partial charge on any atom is 0.309 e. The van der Waals surface area contributed by atoms with E-state index in [1.807, 2.05) is 0 Å². The molecule has 1 aliphatic rings. The lowest BCUT2D eigenvalue weighted by Crippen LogP contribution is -2.45. The fourth-order valence-electron chi connectivity index (χ4n) is 2.49. The Morgan fingerprint density at radius 3 is 2.90 bits per heavy atom. The van der Waals surface area contributed by atoms with Gasteiger partial charge in [-0.15, -0.1) is 0 Å². The maximum absolute atomic E-state index is 11.7. The van der Waals surface area contributed by atoms with Crippen LogP contribution in [0, 0.1) is 0 Å². The van der Waals surface area contributed by atoms with E-state index in [9.17, 15) is 9.59 Å². The van der Waals surface area contributed by atoms with Crippen molar-refractivity contribution in [3.8, 4) is 0 Å². The fourth-order valence-corrected chi connectivity index (χ4v) is 2.49. The topological polar surface area (TPSA) is 74.6 Å². The first kappa shape index (κ1) is 14.6. The van der Waals surface area contributed by atoms with Gasteiger partial charge in [0, 0.05) is 12.6 Å². The number of likely N-dealkylation sites (tertiary alicyclic amines) is 1. The summed E-state index contributed by atoms with van der Waals surface area (Å²) in [6.45, 7) is 4.91. The highest BCUT2D eigenvalue weighted by Crippen LogP contribution is 2.15. The molecule has 0 aromatic carbocycles. The summed E-state index contributed by atoms with van der Waals surface area (Å²) in [4.78, 5) is 25.6. The van der Waals surface area contributed by atoms with Crippen molar-refractivity contribution in [2.24, 2.45) is 0 Å². The summed E-state index contributed by atoms with van der Waals surface area (Å²) in [5, 5.41) is 5.22. The predicted molar refractivity (Wildman–Crippen MR) is 73.8 cm³/mol. The molecule has 110 valence electrons. The minimum absolute atomic E-state index is 0.226. The predicted octanol–water partition coefficient (Wildman–Crippen LogP) is 0.496. The average Bonchev–Trinajstić information content (AvgIpc) is 3.12. The zero-order valence-electron chi connectivity index (χ0n) is 11.7. The number of nitrogens with zero attached hydrogens (tertiary/aromatic N) is 1. The molecular weight excluding hydrogens is 258 g/mol. The molecule has 1 atom stereocenters. The van der Waals surface area contributed by atoms with Gasteiger partial charge in [-0.05, 0) is 38.1 Å². The normalized spacial score (nSPS) is 18.9. The van der Waals surface area contributed by atoms with Crippen LogP contribution in [0.25, 0.3) is 0 Å². The molecule has 1 aliphatic heterocycles. The second-order valence-corrected chi connectivity index (χ2v) is 4.90. The molecule has 1 aromatic rings. The summed E-state index contributed by atoms with van der Waals surface area (Å²) < 4.78 is 5.08. The second kappa shape index (κ2) is 7.09. The van der Waals surface area contributed by atoms with Crippen LogP contribution in [-0.4, -0.2) is 42.4 Å². The van der Waals surface area contributed by atoms with Crippen molar-refractivity contribution in [2.45, 2.75) is 32.4 Å². The van der Waals surface area contributed by atoms with Crippen molar-refractivity contribution in [3.63, 3.8) is 0 Å². The molecule has 6 nitrogen and oxygen atoms in total. The molecule has 1 saturated heterocycles. The number of rotatable bonds is 5. The molecule has 0 aliphatic carbocycles. The zero-order chi connectivity index (χ0) is 14.4. The van der Waals surface area contributed by atoms with Crippen LogP contribution in [0.4, 0.5) is 0 Å². The third-order valence-corrected chi connectivity index (χ3v) is 3.61.